The highest BCUT2D eigenvalue weighted by molar-refractivity contribution is 6.00. The Morgan fingerprint density at radius 3 is 2.50 bits per heavy atom. The minimum atomic E-state index is -0.0460. The van der Waals surface area contributed by atoms with E-state index in [0.29, 0.717) is 24.7 Å². The van der Waals surface area contributed by atoms with Crippen LogP contribution in [0.1, 0.15) is 50.2 Å². The first-order valence-electron chi connectivity index (χ1n) is 10.1. The molecule has 4 nitrogen and oxygen atoms in total. The SMILES string of the molecule is CC[C@H](C)Oc1cccc2c1cc(C(=O)NCC(C)C)n2Cc1ccccc1. The van der Waals surface area contributed by atoms with E-state index in [1.165, 1.54) is 0 Å². The predicted molar refractivity (Wildman–Crippen MR) is 115 cm³/mol. The second-order valence-corrected chi connectivity index (χ2v) is 7.73. The molecule has 0 radical (unpaired) electrons. The normalized spacial score (nSPS) is 12.3. The maximum atomic E-state index is 12.9. The van der Waals surface area contributed by atoms with Crippen molar-refractivity contribution in [3.8, 4) is 5.75 Å². The van der Waals surface area contributed by atoms with Crippen molar-refractivity contribution in [1.82, 2.24) is 9.88 Å². The first-order valence-corrected chi connectivity index (χ1v) is 10.1. The minimum Gasteiger partial charge on any atom is -0.490 e. The lowest BCUT2D eigenvalue weighted by atomic mass is 10.2. The Balaban J connectivity index is 2.06. The number of carbonyl (C=O) groups is 1. The summed E-state index contributed by atoms with van der Waals surface area (Å²) in [5.41, 5.74) is 2.84. The van der Waals surface area contributed by atoms with Crippen LogP contribution >= 0.6 is 0 Å². The average molecular weight is 379 g/mol. The summed E-state index contributed by atoms with van der Waals surface area (Å²) in [6.07, 6.45) is 1.06. The predicted octanol–water partition coefficient (Wildman–Crippen LogP) is 5.25. The van der Waals surface area contributed by atoms with Gasteiger partial charge in [0, 0.05) is 18.5 Å². The van der Waals surface area contributed by atoms with E-state index >= 15 is 0 Å². The minimum absolute atomic E-state index is 0.0460. The van der Waals surface area contributed by atoms with Crippen molar-refractivity contribution in [2.75, 3.05) is 6.54 Å². The zero-order chi connectivity index (χ0) is 20.1. The van der Waals surface area contributed by atoms with Gasteiger partial charge in [0.1, 0.15) is 11.4 Å². The average Bonchev–Trinajstić information content (AvgIpc) is 3.06. The molecule has 3 rings (SSSR count). The van der Waals surface area contributed by atoms with Gasteiger partial charge in [-0.15, -0.1) is 0 Å². The molecule has 1 amide bonds. The van der Waals surface area contributed by atoms with Crippen molar-refractivity contribution in [1.29, 1.82) is 0 Å². The van der Waals surface area contributed by atoms with Crippen molar-refractivity contribution in [3.05, 3.63) is 65.9 Å². The van der Waals surface area contributed by atoms with E-state index in [1.807, 2.05) is 36.4 Å². The molecular formula is C24H30N2O2. The molecule has 0 fully saturated rings. The molecule has 4 heteroatoms. The lowest BCUT2D eigenvalue weighted by molar-refractivity contribution is 0.0940. The summed E-state index contributed by atoms with van der Waals surface area (Å²) in [7, 11) is 0. The van der Waals surface area contributed by atoms with Gasteiger partial charge in [-0.3, -0.25) is 4.79 Å². The summed E-state index contributed by atoms with van der Waals surface area (Å²) in [6, 6.07) is 18.2. The van der Waals surface area contributed by atoms with Crippen LogP contribution in [0.4, 0.5) is 0 Å². The number of benzene rings is 2. The molecule has 0 aliphatic rings. The van der Waals surface area contributed by atoms with Crippen LogP contribution in [0.15, 0.2) is 54.6 Å². The maximum Gasteiger partial charge on any atom is 0.267 e. The van der Waals surface area contributed by atoms with Crippen molar-refractivity contribution < 1.29 is 9.53 Å². The highest BCUT2D eigenvalue weighted by Gasteiger charge is 2.19. The van der Waals surface area contributed by atoms with Crippen LogP contribution in [0.3, 0.4) is 0 Å². The molecule has 0 bridgehead atoms. The Morgan fingerprint density at radius 1 is 1.07 bits per heavy atom. The highest BCUT2D eigenvalue weighted by atomic mass is 16.5. The van der Waals surface area contributed by atoms with Crippen LogP contribution in [0.5, 0.6) is 5.75 Å². The third-order valence-corrected chi connectivity index (χ3v) is 4.90. The van der Waals surface area contributed by atoms with Crippen molar-refractivity contribution >= 4 is 16.8 Å². The third kappa shape index (κ3) is 4.56. The molecular weight excluding hydrogens is 348 g/mol. The Kier molecular flexibility index (Phi) is 6.40. The van der Waals surface area contributed by atoms with Gasteiger partial charge in [-0.05, 0) is 43.0 Å². The van der Waals surface area contributed by atoms with Gasteiger partial charge in [-0.25, -0.2) is 0 Å². The second-order valence-electron chi connectivity index (χ2n) is 7.73. The molecule has 1 N–H and O–H groups in total. The molecule has 1 aromatic heterocycles. The van der Waals surface area contributed by atoms with Crippen molar-refractivity contribution in [2.24, 2.45) is 5.92 Å². The van der Waals surface area contributed by atoms with Gasteiger partial charge in [-0.2, -0.15) is 0 Å². The van der Waals surface area contributed by atoms with Crippen LogP contribution in [0.25, 0.3) is 10.9 Å². The van der Waals surface area contributed by atoms with Crippen LogP contribution in [-0.4, -0.2) is 23.1 Å². The van der Waals surface area contributed by atoms with Crippen LogP contribution in [-0.2, 0) is 6.54 Å². The summed E-state index contributed by atoms with van der Waals surface area (Å²) < 4.78 is 8.22. The zero-order valence-electron chi connectivity index (χ0n) is 17.2. The van der Waals surface area contributed by atoms with Crippen molar-refractivity contribution in [2.45, 2.75) is 46.8 Å². The van der Waals surface area contributed by atoms with E-state index in [4.69, 9.17) is 4.74 Å². The molecule has 1 heterocycles. The fourth-order valence-corrected chi connectivity index (χ4v) is 3.17. The first kappa shape index (κ1) is 20.0. The van der Waals surface area contributed by atoms with Crippen molar-refractivity contribution in [3.63, 3.8) is 0 Å². The number of nitrogens with zero attached hydrogens (tertiary/aromatic N) is 1. The van der Waals surface area contributed by atoms with Gasteiger partial charge in [-0.1, -0.05) is 57.2 Å². The van der Waals surface area contributed by atoms with Gasteiger partial charge in [0.2, 0.25) is 0 Å². The number of carbonyl (C=O) groups excluding carboxylic acids is 1. The monoisotopic (exact) mass is 378 g/mol. The standard InChI is InChI=1S/C24H30N2O2/c1-5-18(4)28-23-13-9-12-21-20(23)14-22(24(27)25-15-17(2)3)26(21)16-19-10-7-6-8-11-19/h6-14,17-18H,5,15-16H2,1-4H3,(H,25,27)/t18-/m0/s1. The molecule has 3 aromatic rings. The maximum absolute atomic E-state index is 12.9. The van der Waals surface area contributed by atoms with E-state index in [9.17, 15) is 4.79 Å². The fraction of sp³-hybridized carbons (Fsp3) is 0.375. The summed E-state index contributed by atoms with van der Waals surface area (Å²) in [6.45, 7) is 9.66. The number of nitrogens with one attached hydrogen (secondary N) is 1. The smallest absolute Gasteiger partial charge is 0.267 e. The number of ether oxygens (including phenoxy) is 1. The molecule has 0 aliphatic carbocycles. The van der Waals surface area contributed by atoms with Gasteiger partial charge < -0.3 is 14.6 Å². The fourth-order valence-electron chi connectivity index (χ4n) is 3.17. The number of fused-ring (bicyclic) bond motifs is 1. The molecule has 0 aliphatic heterocycles. The van der Waals surface area contributed by atoms with Crippen LogP contribution < -0.4 is 10.1 Å². The van der Waals surface area contributed by atoms with E-state index in [2.05, 4.69) is 55.8 Å². The Labute approximate surface area is 167 Å². The second kappa shape index (κ2) is 8.96. The van der Waals surface area contributed by atoms with E-state index in [1.54, 1.807) is 0 Å². The molecule has 1 atom stereocenters. The lowest BCUT2D eigenvalue weighted by Gasteiger charge is -2.14. The van der Waals surface area contributed by atoms with E-state index < -0.39 is 0 Å². The topological polar surface area (TPSA) is 43.3 Å². The Bertz CT molecular complexity index is 928. The molecule has 2 aromatic carbocycles. The first-order chi connectivity index (χ1) is 13.5. The molecule has 0 saturated carbocycles. The van der Waals surface area contributed by atoms with Gasteiger partial charge in [0.15, 0.2) is 0 Å². The number of aromatic nitrogens is 1. The molecule has 28 heavy (non-hydrogen) atoms. The number of hydrogen-bond acceptors (Lipinski definition) is 2. The largest absolute Gasteiger partial charge is 0.490 e. The van der Waals surface area contributed by atoms with Crippen LogP contribution in [0.2, 0.25) is 0 Å². The summed E-state index contributed by atoms with van der Waals surface area (Å²) in [5, 5.41) is 4.04. The van der Waals surface area contributed by atoms with E-state index in [-0.39, 0.29) is 12.0 Å². The highest BCUT2D eigenvalue weighted by Crippen LogP contribution is 2.31. The number of rotatable bonds is 8. The number of hydrogen-bond donors (Lipinski definition) is 1. The quantitative estimate of drug-likeness (QED) is 0.581. The Hall–Kier alpha value is -2.75. The Morgan fingerprint density at radius 2 is 1.82 bits per heavy atom. The summed E-state index contributed by atoms with van der Waals surface area (Å²) >= 11 is 0. The molecule has 0 spiro atoms. The molecule has 0 saturated heterocycles. The summed E-state index contributed by atoms with van der Waals surface area (Å²) in [4.78, 5) is 12.9. The lowest BCUT2D eigenvalue weighted by Crippen LogP contribution is -2.29. The molecule has 0 unspecified atom stereocenters. The zero-order valence-corrected chi connectivity index (χ0v) is 17.2. The number of amides is 1. The molecule has 148 valence electrons. The van der Waals surface area contributed by atoms with Crippen LogP contribution in [0, 0.1) is 5.92 Å². The third-order valence-electron chi connectivity index (χ3n) is 4.90. The van der Waals surface area contributed by atoms with Gasteiger partial charge >= 0.3 is 0 Å². The van der Waals surface area contributed by atoms with Gasteiger partial charge in [0.05, 0.1) is 11.6 Å². The van der Waals surface area contributed by atoms with Gasteiger partial charge in [0.25, 0.3) is 5.91 Å². The van der Waals surface area contributed by atoms with E-state index in [0.717, 1.165) is 28.6 Å². The summed E-state index contributed by atoms with van der Waals surface area (Å²) in [5.74, 6) is 1.19.